The molecule has 3 heterocycles. The van der Waals surface area contributed by atoms with Gasteiger partial charge in [-0.3, -0.25) is 9.59 Å². The molecule has 2 aromatic carbocycles. The monoisotopic (exact) mass is 518 g/mol. The Morgan fingerprint density at radius 3 is 2.58 bits per heavy atom. The molecule has 3 atom stereocenters. The zero-order chi connectivity index (χ0) is 23.7. The van der Waals surface area contributed by atoms with Crippen molar-refractivity contribution in [3.63, 3.8) is 0 Å². The molecule has 0 N–H and O–H groups in total. The van der Waals surface area contributed by atoms with Gasteiger partial charge in [0.2, 0.25) is 0 Å². The van der Waals surface area contributed by atoms with Crippen LogP contribution in [0.15, 0.2) is 46.9 Å². The third-order valence-electron chi connectivity index (χ3n) is 6.28. The standard InChI is InChI=1S/C22H14BrF3N4O3/c23-13-3-1-2-11(6-13)19(31)28-10-15-8-17(28)18-20(32)30(21(33)29(15)18)14-5-4-12(9-27)16(7-14)22(24,25)26/h1-7,15,17-18H,8,10H2/t15-,17?,18?/m1/s1. The van der Waals surface area contributed by atoms with Crippen molar-refractivity contribution < 1.29 is 27.6 Å². The minimum absolute atomic E-state index is 0.237. The Kier molecular flexibility index (Phi) is 4.75. The van der Waals surface area contributed by atoms with Crippen LogP contribution in [0.3, 0.4) is 0 Å². The molecule has 0 spiro atoms. The van der Waals surface area contributed by atoms with E-state index in [0.717, 1.165) is 16.6 Å². The summed E-state index contributed by atoms with van der Waals surface area (Å²) in [7, 11) is 0. The van der Waals surface area contributed by atoms with Gasteiger partial charge < -0.3 is 9.80 Å². The predicted octanol–water partition coefficient (Wildman–Crippen LogP) is 3.77. The summed E-state index contributed by atoms with van der Waals surface area (Å²) in [6.45, 7) is 0.237. The number of anilines is 1. The molecule has 2 bridgehead atoms. The van der Waals surface area contributed by atoms with Gasteiger partial charge in [-0.2, -0.15) is 18.4 Å². The summed E-state index contributed by atoms with van der Waals surface area (Å²) in [5, 5.41) is 9.00. The van der Waals surface area contributed by atoms with E-state index in [-0.39, 0.29) is 18.1 Å². The van der Waals surface area contributed by atoms with E-state index in [2.05, 4.69) is 15.9 Å². The second-order valence-electron chi connectivity index (χ2n) is 8.07. The van der Waals surface area contributed by atoms with Crippen LogP contribution in [0.5, 0.6) is 0 Å². The Labute approximate surface area is 194 Å². The van der Waals surface area contributed by atoms with Crippen LogP contribution in [0.1, 0.15) is 27.9 Å². The number of hydrogen-bond acceptors (Lipinski definition) is 4. The molecule has 2 unspecified atom stereocenters. The molecule has 3 aliphatic rings. The van der Waals surface area contributed by atoms with E-state index in [9.17, 15) is 27.6 Å². The number of alkyl halides is 3. The molecule has 11 heteroatoms. The van der Waals surface area contributed by atoms with E-state index in [1.807, 2.05) is 0 Å². The van der Waals surface area contributed by atoms with Gasteiger partial charge in [0.15, 0.2) is 0 Å². The normalized spacial score (nSPS) is 23.8. The Morgan fingerprint density at radius 2 is 1.91 bits per heavy atom. The minimum Gasteiger partial charge on any atom is -0.331 e. The minimum atomic E-state index is -4.82. The molecule has 168 valence electrons. The van der Waals surface area contributed by atoms with E-state index in [1.54, 1.807) is 29.2 Å². The highest BCUT2D eigenvalue weighted by Gasteiger charge is 2.63. The van der Waals surface area contributed by atoms with Crippen molar-refractivity contribution in [1.82, 2.24) is 9.80 Å². The first-order valence-corrected chi connectivity index (χ1v) is 10.7. The van der Waals surface area contributed by atoms with E-state index >= 15 is 0 Å². The zero-order valence-corrected chi connectivity index (χ0v) is 18.3. The fourth-order valence-corrected chi connectivity index (χ4v) is 5.32. The van der Waals surface area contributed by atoms with E-state index in [1.165, 1.54) is 11.0 Å². The number of imide groups is 1. The third-order valence-corrected chi connectivity index (χ3v) is 6.78. The molecule has 0 aromatic heterocycles. The molecule has 7 nitrogen and oxygen atoms in total. The van der Waals surface area contributed by atoms with Gasteiger partial charge in [-0.15, -0.1) is 0 Å². The second kappa shape index (κ2) is 7.31. The molecule has 3 aliphatic heterocycles. The lowest BCUT2D eigenvalue weighted by Gasteiger charge is -2.35. The third kappa shape index (κ3) is 3.20. The molecular weight excluding hydrogens is 505 g/mol. The van der Waals surface area contributed by atoms with E-state index in [0.29, 0.717) is 23.0 Å². The average molecular weight is 519 g/mol. The molecule has 4 amide bonds. The number of carbonyl (C=O) groups excluding carboxylic acids is 3. The van der Waals surface area contributed by atoms with Gasteiger partial charge in [0.05, 0.1) is 35.0 Å². The van der Waals surface area contributed by atoms with Gasteiger partial charge in [-0.1, -0.05) is 22.0 Å². The van der Waals surface area contributed by atoms with E-state index in [4.69, 9.17) is 5.26 Å². The fourth-order valence-electron chi connectivity index (χ4n) is 4.92. The maximum Gasteiger partial charge on any atom is 0.417 e. The van der Waals surface area contributed by atoms with Crippen LogP contribution in [0.4, 0.5) is 23.7 Å². The number of hydrogen-bond donors (Lipinski definition) is 0. The highest BCUT2D eigenvalue weighted by atomic mass is 79.9. The van der Waals surface area contributed by atoms with Crippen molar-refractivity contribution in [2.45, 2.75) is 30.7 Å². The average Bonchev–Trinajstić information content (AvgIpc) is 3.43. The molecule has 0 saturated carbocycles. The van der Waals surface area contributed by atoms with Crippen molar-refractivity contribution in [2.24, 2.45) is 0 Å². The SMILES string of the molecule is N#Cc1ccc(N2C(=O)C3C4C[C@H](CN4C(=O)c4cccc(Br)c4)N3C2=O)cc1C(F)(F)F. The van der Waals surface area contributed by atoms with Crippen LogP contribution in [0.25, 0.3) is 0 Å². The number of urea groups is 1. The number of nitriles is 1. The number of nitrogens with zero attached hydrogens (tertiary/aromatic N) is 4. The zero-order valence-electron chi connectivity index (χ0n) is 16.7. The fraction of sp³-hybridized carbons (Fsp3) is 0.273. The van der Waals surface area contributed by atoms with Gasteiger partial charge in [-0.05, 0) is 42.8 Å². The number of benzene rings is 2. The maximum absolute atomic E-state index is 13.4. The number of carbonyl (C=O) groups is 3. The lowest BCUT2D eigenvalue weighted by molar-refractivity contribution is -0.137. The number of fused-ring (bicyclic) bond motifs is 5. The van der Waals surface area contributed by atoms with Crippen molar-refractivity contribution >= 4 is 39.5 Å². The lowest BCUT2D eigenvalue weighted by Crippen LogP contribution is -2.54. The van der Waals surface area contributed by atoms with Crippen molar-refractivity contribution in [3.05, 3.63) is 63.6 Å². The van der Waals surface area contributed by atoms with Crippen LogP contribution >= 0.6 is 15.9 Å². The first-order chi connectivity index (χ1) is 15.6. The molecule has 2 aromatic rings. The summed E-state index contributed by atoms with van der Waals surface area (Å²) in [6, 6.07) is 8.37. The highest BCUT2D eigenvalue weighted by molar-refractivity contribution is 9.10. The summed E-state index contributed by atoms with van der Waals surface area (Å²) in [5.41, 5.74) is -1.64. The van der Waals surface area contributed by atoms with Crippen molar-refractivity contribution in [2.75, 3.05) is 11.4 Å². The summed E-state index contributed by atoms with van der Waals surface area (Å²) in [5.74, 6) is -0.961. The van der Waals surface area contributed by atoms with E-state index < -0.39 is 47.4 Å². The largest absolute Gasteiger partial charge is 0.417 e. The number of piperazine rings is 1. The van der Waals surface area contributed by atoms with Crippen LogP contribution in [0.2, 0.25) is 0 Å². The Morgan fingerprint density at radius 1 is 1.15 bits per heavy atom. The Balaban J connectivity index is 1.47. The number of halogens is 4. The van der Waals surface area contributed by atoms with Crippen molar-refractivity contribution in [1.29, 1.82) is 5.26 Å². The van der Waals surface area contributed by atoms with Gasteiger partial charge in [0.25, 0.3) is 11.8 Å². The summed E-state index contributed by atoms with van der Waals surface area (Å²) >= 11 is 3.32. The number of amides is 4. The summed E-state index contributed by atoms with van der Waals surface area (Å²) in [4.78, 5) is 43.0. The highest BCUT2D eigenvalue weighted by Crippen LogP contribution is 2.44. The molecule has 0 radical (unpaired) electrons. The smallest absolute Gasteiger partial charge is 0.331 e. The summed E-state index contributed by atoms with van der Waals surface area (Å²) < 4.78 is 40.9. The first-order valence-electron chi connectivity index (χ1n) is 9.96. The molecule has 33 heavy (non-hydrogen) atoms. The van der Waals surface area contributed by atoms with Crippen LogP contribution in [0, 0.1) is 11.3 Å². The van der Waals surface area contributed by atoms with Gasteiger partial charge >= 0.3 is 12.2 Å². The Hall–Kier alpha value is -3.39. The lowest BCUT2D eigenvalue weighted by atomic mass is 10.1. The molecule has 3 fully saturated rings. The van der Waals surface area contributed by atoms with Gasteiger partial charge in [-0.25, -0.2) is 9.69 Å². The molecule has 3 saturated heterocycles. The topological polar surface area (TPSA) is 84.7 Å². The molecule has 0 aliphatic carbocycles. The van der Waals surface area contributed by atoms with Crippen LogP contribution in [-0.4, -0.2) is 52.3 Å². The maximum atomic E-state index is 13.4. The van der Waals surface area contributed by atoms with Crippen LogP contribution < -0.4 is 4.90 Å². The summed E-state index contributed by atoms with van der Waals surface area (Å²) in [6.07, 6.45) is -4.40. The van der Waals surface area contributed by atoms with Gasteiger partial charge in [0, 0.05) is 16.6 Å². The van der Waals surface area contributed by atoms with Gasteiger partial charge in [0.1, 0.15) is 6.04 Å². The number of likely N-dealkylation sites (tertiary alicyclic amines) is 1. The quantitative estimate of drug-likeness (QED) is 0.566. The van der Waals surface area contributed by atoms with Crippen LogP contribution in [-0.2, 0) is 11.0 Å². The predicted molar refractivity (Wildman–Crippen MR) is 112 cm³/mol. The molecule has 5 rings (SSSR count). The second-order valence-corrected chi connectivity index (χ2v) is 8.99. The van der Waals surface area contributed by atoms with Crippen molar-refractivity contribution in [3.8, 4) is 6.07 Å². The first kappa shape index (κ1) is 21.5. The Bertz CT molecular complexity index is 1260. The number of rotatable bonds is 2. The molecular formula is C22H14BrF3N4O3.